The lowest BCUT2D eigenvalue weighted by Gasteiger charge is -2.28. The monoisotopic (exact) mass is 678 g/mol. The molecule has 3 aromatic rings. The van der Waals surface area contributed by atoms with Crippen molar-refractivity contribution in [2.75, 3.05) is 55.0 Å². The van der Waals surface area contributed by atoms with Crippen LogP contribution in [-0.4, -0.2) is 67.3 Å². The number of carbonyl (C=O) groups excluding carboxylic acids is 4. The van der Waals surface area contributed by atoms with Crippen LogP contribution < -0.4 is 20.3 Å². The van der Waals surface area contributed by atoms with Gasteiger partial charge in [-0.05, 0) is 113 Å². The van der Waals surface area contributed by atoms with E-state index < -0.39 is 17.1 Å². The molecule has 0 aromatic heterocycles. The second-order valence-electron chi connectivity index (χ2n) is 10.3. The third kappa shape index (κ3) is 7.87. The molecule has 2 aliphatic rings. The average Bonchev–Trinajstić information content (AvgIpc) is 3.27. The van der Waals surface area contributed by atoms with Crippen molar-refractivity contribution in [1.29, 1.82) is 0 Å². The predicted octanol–water partition coefficient (Wildman–Crippen LogP) is 5.60. The Balaban J connectivity index is 1.11. The van der Waals surface area contributed by atoms with Crippen molar-refractivity contribution in [3.05, 3.63) is 86.7 Å². The first kappa shape index (κ1) is 31.3. The van der Waals surface area contributed by atoms with Crippen molar-refractivity contribution in [1.82, 2.24) is 4.90 Å². The van der Waals surface area contributed by atoms with Crippen LogP contribution in [0, 0.1) is 13.8 Å². The van der Waals surface area contributed by atoms with Crippen molar-refractivity contribution in [3.8, 4) is 5.75 Å². The van der Waals surface area contributed by atoms with Gasteiger partial charge in [0, 0.05) is 28.9 Å². The van der Waals surface area contributed by atoms with E-state index in [2.05, 4.69) is 31.5 Å². The highest BCUT2D eigenvalue weighted by atomic mass is 79.9. The Morgan fingerprint density at radius 1 is 0.955 bits per heavy atom. The minimum Gasteiger partial charge on any atom is -0.484 e. The van der Waals surface area contributed by atoms with Crippen LogP contribution >= 0.6 is 27.7 Å². The maximum Gasteiger partial charge on any atom is 0.294 e. The van der Waals surface area contributed by atoms with E-state index in [1.54, 1.807) is 42.5 Å². The van der Waals surface area contributed by atoms with E-state index in [1.807, 2.05) is 38.1 Å². The van der Waals surface area contributed by atoms with Gasteiger partial charge in [0.15, 0.2) is 6.61 Å². The molecule has 2 fully saturated rings. The van der Waals surface area contributed by atoms with Gasteiger partial charge in [0.2, 0.25) is 5.91 Å². The molecular formula is C32H31BrN4O6S. The minimum absolute atomic E-state index is 0.183. The summed E-state index contributed by atoms with van der Waals surface area (Å²) in [5.74, 6) is -0.838. The molecule has 0 radical (unpaired) electrons. The second kappa shape index (κ2) is 14.1. The number of morpholine rings is 1. The molecule has 0 atom stereocenters. The zero-order valence-corrected chi connectivity index (χ0v) is 26.6. The molecule has 2 N–H and O–H groups in total. The van der Waals surface area contributed by atoms with Crippen molar-refractivity contribution in [2.45, 2.75) is 13.8 Å². The highest BCUT2D eigenvalue weighted by Gasteiger charge is 2.36. The highest BCUT2D eigenvalue weighted by molar-refractivity contribution is 9.10. The number of hydrogen-bond acceptors (Lipinski definition) is 8. The zero-order valence-electron chi connectivity index (χ0n) is 24.2. The second-order valence-corrected chi connectivity index (χ2v) is 12.1. The number of aryl methyl sites for hydroxylation is 2. The Morgan fingerprint density at radius 3 is 2.34 bits per heavy atom. The fraction of sp³-hybridized carbons (Fsp3) is 0.250. The average molecular weight is 680 g/mol. The lowest BCUT2D eigenvalue weighted by Crippen LogP contribution is -2.36. The summed E-state index contributed by atoms with van der Waals surface area (Å²) in [7, 11) is 0. The van der Waals surface area contributed by atoms with Crippen LogP contribution in [0.25, 0.3) is 6.08 Å². The fourth-order valence-corrected chi connectivity index (χ4v) is 5.98. The number of nitrogens with one attached hydrogen (secondary N) is 2. The van der Waals surface area contributed by atoms with Crippen LogP contribution in [-0.2, 0) is 19.1 Å². The maximum absolute atomic E-state index is 12.9. The number of halogens is 1. The Morgan fingerprint density at radius 2 is 1.64 bits per heavy atom. The van der Waals surface area contributed by atoms with Gasteiger partial charge in [0.05, 0.1) is 23.8 Å². The fourth-order valence-electron chi connectivity index (χ4n) is 4.58. The smallest absolute Gasteiger partial charge is 0.294 e. The highest BCUT2D eigenvalue weighted by Crippen LogP contribution is 2.32. The molecule has 2 saturated heterocycles. The van der Waals surface area contributed by atoms with E-state index >= 15 is 0 Å². The SMILES string of the molecule is Cc1cc(Br)c(NC(=O)COc2ccc(/C=C3/SC(=O)N(CC(=O)Nc4ccc(N5CCOCC5)cc4)C3=O)cc2)cc1C. The molecule has 0 bridgehead atoms. The summed E-state index contributed by atoms with van der Waals surface area (Å²) in [4.78, 5) is 53.9. The number of imide groups is 1. The summed E-state index contributed by atoms with van der Waals surface area (Å²) in [6, 6.07) is 18.0. The number of benzene rings is 3. The first-order valence-corrected chi connectivity index (χ1v) is 15.5. The van der Waals surface area contributed by atoms with Gasteiger partial charge in [0.25, 0.3) is 17.1 Å². The van der Waals surface area contributed by atoms with Gasteiger partial charge in [-0.25, -0.2) is 0 Å². The van der Waals surface area contributed by atoms with Crippen molar-refractivity contribution >= 4 is 73.8 Å². The van der Waals surface area contributed by atoms with Gasteiger partial charge in [-0.1, -0.05) is 12.1 Å². The molecular weight excluding hydrogens is 648 g/mol. The van der Waals surface area contributed by atoms with Gasteiger partial charge in [-0.15, -0.1) is 0 Å². The minimum atomic E-state index is -0.535. The number of carbonyl (C=O) groups is 4. The van der Waals surface area contributed by atoms with E-state index in [0.29, 0.717) is 35.9 Å². The van der Waals surface area contributed by atoms with Gasteiger partial charge in [-0.3, -0.25) is 24.1 Å². The van der Waals surface area contributed by atoms with Crippen LogP contribution in [0.1, 0.15) is 16.7 Å². The van der Waals surface area contributed by atoms with E-state index in [0.717, 1.165) is 51.0 Å². The number of anilines is 3. The van der Waals surface area contributed by atoms with Crippen LogP contribution in [0.4, 0.5) is 21.9 Å². The Hall–Kier alpha value is -4.13. The maximum atomic E-state index is 12.9. The molecule has 2 aliphatic heterocycles. The first-order valence-electron chi connectivity index (χ1n) is 13.9. The van der Waals surface area contributed by atoms with Crippen LogP contribution in [0.2, 0.25) is 0 Å². The number of amides is 4. The van der Waals surface area contributed by atoms with Gasteiger partial charge < -0.3 is 25.0 Å². The van der Waals surface area contributed by atoms with Gasteiger partial charge >= 0.3 is 0 Å². The summed E-state index contributed by atoms with van der Waals surface area (Å²) >= 11 is 4.24. The number of rotatable bonds is 9. The lowest BCUT2D eigenvalue weighted by atomic mass is 10.1. The lowest BCUT2D eigenvalue weighted by molar-refractivity contribution is -0.127. The summed E-state index contributed by atoms with van der Waals surface area (Å²) in [6.45, 7) is 6.37. The van der Waals surface area contributed by atoms with Crippen LogP contribution in [0.15, 0.2) is 70.0 Å². The summed E-state index contributed by atoms with van der Waals surface area (Å²) in [5, 5.41) is 5.07. The number of nitrogens with zero attached hydrogens (tertiary/aromatic N) is 2. The van der Waals surface area contributed by atoms with Crippen molar-refractivity contribution in [2.24, 2.45) is 0 Å². The molecule has 3 aromatic carbocycles. The normalized spacial score (nSPS) is 15.9. The van der Waals surface area contributed by atoms with Crippen molar-refractivity contribution < 1.29 is 28.7 Å². The van der Waals surface area contributed by atoms with Crippen LogP contribution in [0.3, 0.4) is 0 Å². The van der Waals surface area contributed by atoms with E-state index in [-0.39, 0.29) is 24.0 Å². The van der Waals surface area contributed by atoms with E-state index in [4.69, 9.17) is 9.47 Å². The summed E-state index contributed by atoms with van der Waals surface area (Å²) in [6.07, 6.45) is 1.58. The Bertz CT molecular complexity index is 1600. The quantitative estimate of drug-likeness (QED) is 0.281. The Labute approximate surface area is 267 Å². The molecule has 12 heteroatoms. The largest absolute Gasteiger partial charge is 0.484 e. The molecule has 5 rings (SSSR count). The Kier molecular flexibility index (Phi) is 10.0. The van der Waals surface area contributed by atoms with Gasteiger partial charge in [0.1, 0.15) is 12.3 Å². The molecule has 10 nitrogen and oxygen atoms in total. The molecule has 0 saturated carbocycles. The predicted molar refractivity (Wildman–Crippen MR) is 175 cm³/mol. The van der Waals surface area contributed by atoms with Gasteiger partial charge in [-0.2, -0.15) is 0 Å². The van der Waals surface area contributed by atoms with Crippen LogP contribution in [0.5, 0.6) is 5.75 Å². The summed E-state index contributed by atoms with van der Waals surface area (Å²) in [5.41, 5.74) is 5.12. The van der Waals surface area contributed by atoms with E-state index in [1.165, 1.54) is 0 Å². The summed E-state index contributed by atoms with van der Waals surface area (Å²) < 4.78 is 11.8. The molecule has 0 spiro atoms. The molecule has 44 heavy (non-hydrogen) atoms. The molecule has 0 aliphatic carbocycles. The van der Waals surface area contributed by atoms with Crippen molar-refractivity contribution in [3.63, 3.8) is 0 Å². The number of thioether (sulfide) groups is 1. The number of hydrogen-bond donors (Lipinski definition) is 2. The zero-order chi connectivity index (χ0) is 31.2. The molecule has 4 amide bonds. The third-order valence-electron chi connectivity index (χ3n) is 7.11. The third-order valence-corrected chi connectivity index (χ3v) is 8.67. The number of ether oxygens (including phenoxy) is 2. The standard InChI is InChI=1S/C32H31BrN4O6S/c1-20-15-26(33)27(16-21(20)2)35-30(39)19-43-25-9-3-22(4-10-25)17-28-31(40)37(32(41)44-28)18-29(38)34-23-5-7-24(8-6-23)36-11-13-42-14-12-36/h3-10,15-17H,11-14,18-19H2,1-2H3,(H,34,38)(H,35,39)/b28-17+. The molecule has 0 unspecified atom stereocenters. The first-order chi connectivity index (χ1) is 21.2. The molecule has 2 heterocycles. The molecule has 228 valence electrons. The topological polar surface area (TPSA) is 117 Å². The van der Waals surface area contributed by atoms with E-state index in [9.17, 15) is 19.2 Å².